The molecule has 2 amide bonds. The van der Waals surface area contributed by atoms with E-state index in [1.54, 1.807) is 42.6 Å². The van der Waals surface area contributed by atoms with Crippen LogP contribution < -0.4 is 24.3 Å². The second-order valence-corrected chi connectivity index (χ2v) is 8.81. The fourth-order valence-electron chi connectivity index (χ4n) is 4.45. The van der Waals surface area contributed by atoms with E-state index in [0.717, 1.165) is 0 Å². The molecule has 10 heteroatoms. The minimum atomic E-state index is -0.543. The Bertz CT molecular complexity index is 1500. The summed E-state index contributed by atoms with van der Waals surface area (Å²) in [5.41, 5.74) is 1.76. The van der Waals surface area contributed by atoms with Crippen molar-refractivity contribution in [2.75, 3.05) is 39.7 Å². The fraction of sp³-hybridized carbons (Fsp3) is 0.267. The number of carbonyl (C=O) groups excluding carboxylic acids is 2. The van der Waals surface area contributed by atoms with Crippen molar-refractivity contribution in [2.45, 2.75) is 20.4 Å². The number of benzene rings is 3. The second kappa shape index (κ2) is 12.4. The first kappa shape index (κ1) is 28.3. The lowest BCUT2D eigenvalue weighted by Crippen LogP contribution is -2.33. The van der Waals surface area contributed by atoms with Crippen LogP contribution in [0.2, 0.25) is 0 Å². The van der Waals surface area contributed by atoms with Crippen molar-refractivity contribution in [3.63, 3.8) is 0 Å². The summed E-state index contributed by atoms with van der Waals surface area (Å²) in [6, 6.07) is 14.8. The molecule has 1 N–H and O–H groups in total. The number of carbonyl (C=O) groups is 2. The zero-order chi connectivity index (χ0) is 28.8. The molecule has 0 aliphatic heterocycles. The van der Waals surface area contributed by atoms with E-state index in [-0.39, 0.29) is 23.7 Å². The van der Waals surface area contributed by atoms with Gasteiger partial charge in [0.1, 0.15) is 5.82 Å². The lowest BCUT2D eigenvalue weighted by molar-refractivity contribution is 0.102. The molecule has 0 unspecified atom stereocenters. The molecule has 0 atom stereocenters. The third-order valence-electron chi connectivity index (χ3n) is 6.60. The van der Waals surface area contributed by atoms with E-state index >= 15 is 0 Å². The predicted molar refractivity (Wildman–Crippen MR) is 150 cm³/mol. The Morgan fingerprint density at radius 1 is 0.900 bits per heavy atom. The zero-order valence-electron chi connectivity index (χ0n) is 23.1. The number of methoxy groups -OCH3 is 3. The van der Waals surface area contributed by atoms with E-state index < -0.39 is 12.0 Å². The number of ether oxygens (including phenoxy) is 4. The maximum absolute atomic E-state index is 14.4. The molecule has 9 nitrogen and oxygen atoms in total. The molecule has 4 rings (SSSR count). The highest BCUT2D eigenvalue weighted by Crippen LogP contribution is 2.39. The van der Waals surface area contributed by atoms with Crippen LogP contribution in [0.4, 0.5) is 14.9 Å². The average Bonchev–Trinajstić information content (AvgIpc) is 3.37. The van der Waals surface area contributed by atoms with Crippen LogP contribution in [0.25, 0.3) is 10.9 Å². The SMILES string of the molecule is CCN(CC)C(=O)Oc1ccc2c(ccn2Cc2ccccc2F)c1NC(=O)c1cc(OC)c(OC)c(OC)c1. The number of hydrogen-bond acceptors (Lipinski definition) is 6. The molecule has 0 bridgehead atoms. The fourth-order valence-corrected chi connectivity index (χ4v) is 4.45. The first-order valence-corrected chi connectivity index (χ1v) is 12.8. The molecule has 0 saturated heterocycles. The molecule has 0 spiro atoms. The highest BCUT2D eigenvalue weighted by Gasteiger charge is 2.22. The summed E-state index contributed by atoms with van der Waals surface area (Å²) in [6.07, 6.45) is 1.25. The van der Waals surface area contributed by atoms with Gasteiger partial charge in [0, 0.05) is 35.8 Å². The molecule has 3 aromatic carbocycles. The van der Waals surface area contributed by atoms with Crippen molar-refractivity contribution in [1.29, 1.82) is 0 Å². The van der Waals surface area contributed by atoms with Crippen LogP contribution in [0.5, 0.6) is 23.0 Å². The third kappa shape index (κ3) is 5.66. The van der Waals surface area contributed by atoms with Crippen LogP contribution in [-0.2, 0) is 6.54 Å². The largest absolute Gasteiger partial charge is 0.493 e. The molecule has 0 saturated carbocycles. The Hall–Kier alpha value is -4.73. The second-order valence-electron chi connectivity index (χ2n) is 8.81. The summed E-state index contributed by atoms with van der Waals surface area (Å²) in [5, 5.41) is 3.52. The number of fused-ring (bicyclic) bond motifs is 1. The smallest absolute Gasteiger partial charge is 0.415 e. The maximum atomic E-state index is 14.4. The number of anilines is 1. The van der Waals surface area contributed by atoms with E-state index in [9.17, 15) is 14.0 Å². The quantitative estimate of drug-likeness (QED) is 0.263. The van der Waals surface area contributed by atoms with Crippen molar-refractivity contribution in [3.05, 3.63) is 77.7 Å². The monoisotopic (exact) mass is 549 g/mol. The van der Waals surface area contributed by atoms with Gasteiger partial charge in [0.2, 0.25) is 5.75 Å². The molecule has 0 fully saturated rings. The minimum Gasteiger partial charge on any atom is -0.493 e. The van der Waals surface area contributed by atoms with Crippen molar-refractivity contribution in [3.8, 4) is 23.0 Å². The number of aromatic nitrogens is 1. The molecule has 0 aliphatic carbocycles. The molecular weight excluding hydrogens is 517 g/mol. The van der Waals surface area contributed by atoms with Gasteiger partial charge >= 0.3 is 6.09 Å². The van der Waals surface area contributed by atoms with Crippen LogP contribution in [0, 0.1) is 5.82 Å². The summed E-state index contributed by atoms with van der Waals surface area (Å²) in [5.74, 6) is 0.346. The summed E-state index contributed by atoms with van der Waals surface area (Å²) in [4.78, 5) is 27.9. The maximum Gasteiger partial charge on any atom is 0.415 e. The summed E-state index contributed by atoms with van der Waals surface area (Å²) < 4.78 is 38.1. The van der Waals surface area contributed by atoms with Gasteiger partial charge in [-0.1, -0.05) is 18.2 Å². The van der Waals surface area contributed by atoms with Gasteiger partial charge in [-0.25, -0.2) is 9.18 Å². The van der Waals surface area contributed by atoms with Gasteiger partial charge in [0.25, 0.3) is 5.91 Å². The molecule has 1 heterocycles. The van der Waals surface area contributed by atoms with E-state index in [0.29, 0.717) is 52.5 Å². The van der Waals surface area contributed by atoms with Gasteiger partial charge in [-0.2, -0.15) is 0 Å². The Morgan fingerprint density at radius 2 is 1.57 bits per heavy atom. The Balaban J connectivity index is 1.78. The molecule has 1 aromatic heterocycles. The van der Waals surface area contributed by atoms with Gasteiger partial charge in [0.05, 0.1) is 39.1 Å². The van der Waals surface area contributed by atoms with Crippen molar-refractivity contribution in [1.82, 2.24) is 9.47 Å². The minimum absolute atomic E-state index is 0.175. The number of hydrogen-bond donors (Lipinski definition) is 1. The topological polar surface area (TPSA) is 91.3 Å². The number of nitrogens with one attached hydrogen (secondary N) is 1. The molecular formula is C30H32FN3O6. The van der Waals surface area contributed by atoms with E-state index in [1.165, 1.54) is 44.4 Å². The Labute approximate surface area is 232 Å². The van der Waals surface area contributed by atoms with E-state index in [2.05, 4.69) is 5.32 Å². The number of halogens is 1. The van der Waals surface area contributed by atoms with Crippen LogP contribution in [0.1, 0.15) is 29.8 Å². The molecule has 40 heavy (non-hydrogen) atoms. The first-order valence-electron chi connectivity index (χ1n) is 12.8. The van der Waals surface area contributed by atoms with Crippen molar-refractivity contribution < 1.29 is 32.9 Å². The number of nitrogens with zero attached hydrogens (tertiary/aromatic N) is 2. The number of rotatable bonds is 10. The van der Waals surface area contributed by atoms with Gasteiger partial charge in [0.15, 0.2) is 17.2 Å². The van der Waals surface area contributed by atoms with Crippen molar-refractivity contribution in [2.24, 2.45) is 0 Å². The van der Waals surface area contributed by atoms with Gasteiger partial charge in [-0.3, -0.25) is 4.79 Å². The van der Waals surface area contributed by atoms with Gasteiger partial charge in [-0.05, 0) is 50.2 Å². The Kier molecular flexibility index (Phi) is 8.78. The highest BCUT2D eigenvalue weighted by molar-refractivity contribution is 6.11. The normalized spacial score (nSPS) is 10.8. The summed E-state index contributed by atoms with van der Waals surface area (Å²) in [6.45, 7) is 4.90. The lowest BCUT2D eigenvalue weighted by Gasteiger charge is -2.20. The van der Waals surface area contributed by atoms with Crippen LogP contribution in [-0.4, -0.2) is 55.9 Å². The lowest BCUT2D eigenvalue weighted by atomic mass is 10.1. The van der Waals surface area contributed by atoms with E-state index in [4.69, 9.17) is 18.9 Å². The van der Waals surface area contributed by atoms with Crippen molar-refractivity contribution >= 4 is 28.6 Å². The Morgan fingerprint density at radius 3 is 2.17 bits per heavy atom. The highest BCUT2D eigenvalue weighted by atomic mass is 19.1. The molecule has 4 aromatic rings. The third-order valence-corrected chi connectivity index (χ3v) is 6.60. The van der Waals surface area contributed by atoms with Gasteiger partial charge < -0.3 is 33.7 Å². The molecule has 210 valence electrons. The van der Waals surface area contributed by atoms with Crippen LogP contribution in [0.15, 0.2) is 60.8 Å². The van der Waals surface area contributed by atoms with E-state index in [1.807, 2.05) is 18.4 Å². The summed E-state index contributed by atoms with van der Waals surface area (Å²) in [7, 11) is 4.40. The average molecular weight is 550 g/mol. The standard InChI is InChI=1S/C30H32FN3O6/c1-6-33(7-2)30(36)40-24-13-12-23-21(14-15-34(23)18-19-10-8-9-11-22(19)31)27(24)32-29(35)20-16-25(37-3)28(39-5)26(17-20)38-4/h8-17H,6-7,18H2,1-5H3,(H,32,35). The van der Waals surface area contributed by atoms with Crippen LogP contribution in [0.3, 0.4) is 0 Å². The van der Waals surface area contributed by atoms with Gasteiger partial charge in [-0.15, -0.1) is 0 Å². The molecule has 0 aliphatic rings. The summed E-state index contributed by atoms with van der Waals surface area (Å²) >= 11 is 0. The number of amides is 2. The first-order chi connectivity index (χ1) is 19.3. The predicted octanol–water partition coefficient (Wildman–Crippen LogP) is 5.95. The zero-order valence-corrected chi connectivity index (χ0v) is 23.1. The molecule has 0 radical (unpaired) electrons. The van der Waals surface area contributed by atoms with Crippen LogP contribution >= 0.6 is 0 Å².